The third kappa shape index (κ3) is 6.85. The number of esters is 1. The fourth-order valence-corrected chi connectivity index (χ4v) is 11.5. The summed E-state index contributed by atoms with van der Waals surface area (Å²) in [6, 6.07) is 41.9. The Labute approximate surface area is 294 Å². The van der Waals surface area contributed by atoms with Gasteiger partial charge in [0, 0.05) is 44.4 Å². The molecule has 1 aliphatic rings. The Morgan fingerprint density at radius 2 is 1.36 bits per heavy atom. The summed E-state index contributed by atoms with van der Waals surface area (Å²) in [5, 5.41) is 12.8. The second-order valence-corrected chi connectivity index (χ2v) is 16.2. The largest absolute Gasteiger partial charge is 0.456 e. The molecule has 0 bridgehead atoms. The topological polar surface area (TPSA) is 110 Å². The van der Waals surface area contributed by atoms with Crippen LogP contribution in [-0.2, 0) is 20.9 Å². The first-order valence-corrected chi connectivity index (χ1v) is 18.5. The summed E-state index contributed by atoms with van der Waals surface area (Å²) in [6.07, 6.45) is 0.0568. The Balaban J connectivity index is 1.55. The van der Waals surface area contributed by atoms with Crippen LogP contribution in [0.2, 0.25) is 0 Å². The highest BCUT2D eigenvalue weighted by molar-refractivity contribution is 8.14. The number of amides is 1. The van der Waals surface area contributed by atoms with Crippen LogP contribution in [0.5, 0.6) is 0 Å². The molecule has 1 aliphatic heterocycles. The van der Waals surface area contributed by atoms with Crippen molar-refractivity contribution in [2.45, 2.75) is 18.4 Å². The molecule has 0 aliphatic carbocycles. The zero-order chi connectivity index (χ0) is 35.3. The normalized spacial score (nSPS) is 14.0. The molecule has 1 heterocycles. The standard InChI is InChI=1S/C39H34N3O6PS/c1-40(2)31-14-12-13-29(25-31)39(45)50-36-26-35(43)41(36)37(38(44)48-27-28-21-23-30(24-22-28)42(46)47)49(32-15-6-3-7-16-32,33-17-8-4-9-18-33)34-19-10-5-11-20-34/h3-25,36H,26-27H2,1-2H3/t36-/m1/s1. The minimum Gasteiger partial charge on any atom is -0.456 e. The molecule has 1 atom stereocenters. The summed E-state index contributed by atoms with van der Waals surface area (Å²) in [5.41, 5.74) is 1.97. The maximum absolute atomic E-state index is 14.8. The lowest BCUT2D eigenvalue weighted by molar-refractivity contribution is -0.384. The zero-order valence-corrected chi connectivity index (χ0v) is 29.1. The lowest BCUT2D eigenvalue weighted by Crippen LogP contribution is -2.58. The molecule has 0 spiro atoms. The maximum atomic E-state index is 14.8. The molecule has 0 saturated carbocycles. The van der Waals surface area contributed by atoms with E-state index < -0.39 is 23.2 Å². The first-order valence-electron chi connectivity index (χ1n) is 15.8. The van der Waals surface area contributed by atoms with Gasteiger partial charge in [0.25, 0.3) is 5.69 Å². The fourth-order valence-electron chi connectivity index (χ4n) is 5.93. The number of likely N-dealkylation sites (tertiary alicyclic amines) is 1. The highest BCUT2D eigenvalue weighted by Gasteiger charge is 2.48. The van der Waals surface area contributed by atoms with Gasteiger partial charge in [-0.15, -0.1) is 0 Å². The number of nitrogens with zero attached hydrogens (tertiary/aromatic N) is 3. The van der Waals surface area contributed by atoms with Crippen LogP contribution in [0.4, 0.5) is 11.4 Å². The Kier molecular flexibility index (Phi) is 10.3. The predicted octanol–water partition coefficient (Wildman–Crippen LogP) is 5.96. The van der Waals surface area contributed by atoms with Gasteiger partial charge in [0.2, 0.25) is 11.0 Å². The Morgan fingerprint density at radius 3 is 1.84 bits per heavy atom. The number of carbonyl (C=O) groups is 3. The average molecular weight is 704 g/mol. The number of hydrogen-bond donors (Lipinski definition) is 0. The number of thioether (sulfide) groups is 1. The molecule has 1 amide bonds. The molecule has 0 aromatic heterocycles. The molecular weight excluding hydrogens is 669 g/mol. The number of rotatable bonds is 11. The number of benzene rings is 5. The second kappa shape index (κ2) is 15.0. The molecule has 1 fully saturated rings. The van der Waals surface area contributed by atoms with Crippen molar-refractivity contribution in [1.82, 2.24) is 4.90 Å². The lowest BCUT2D eigenvalue weighted by atomic mass is 10.2. The highest BCUT2D eigenvalue weighted by Crippen LogP contribution is 2.49. The molecular formula is C39H34N3O6PS. The molecule has 252 valence electrons. The van der Waals surface area contributed by atoms with Gasteiger partial charge in [0.15, 0.2) is 0 Å². The maximum Gasteiger partial charge on any atom is 0.356 e. The summed E-state index contributed by atoms with van der Waals surface area (Å²) in [6.45, 7) is -3.35. The van der Waals surface area contributed by atoms with E-state index >= 15 is 0 Å². The van der Waals surface area contributed by atoms with Crippen molar-refractivity contribution in [3.8, 4) is 0 Å². The number of β-lactam (4-membered cyclic amide) rings is 1. The third-order valence-electron chi connectivity index (χ3n) is 8.42. The number of ether oxygens (including phenoxy) is 1. The van der Waals surface area contributed by atoms with Crippen LogP contribution in [0.1, 0.15) is 22.3 Å². The smallest absolute Gasteiger partial charge is 0.356 e. The average Bonchev–Trinajstić information content (AvgIpc) is 3.15. The van der Waals surface area contributed by atoms with Gasteiger partial charge in [-0.3, -0.25) is 24.6 Å². The predicted molar refractivity (Wildman–Crippen MR) is 201 cm³/mol. The van der Waals surface area contributed by atoms with E-state index in [1.54, 1.807) is 12.1 Å². The third-order valence-corrected chi connectivity index (χ3v) is 13.8. The van der Waals surface area contributed by atoms with Crippen molar-refractivity contribution in [2.75, 3.05) is 19.0 Å². The van der Waals surface area contributed by atoms with Crippen molar-refractivity contribution < 1.29 is 24.0 Å². The minimum absolute atomic E-state index is 0.0568. The van der Waals surface area contributed by atoms with E-state index in [0.29, 0.717) is 11.1 Å². The van der Waals surface area contributed by atoms with E-state index in [-0.39, 0.29) is 35.2 Å². The van der Waals surface area contributed by atoms with Crippen LogP contribution in [-0.4, -0.2) is 51.7 Å². The molecule has 9 nitrogen and oxygen atoms in total. The molecule has 50 heavy (non-hydrogen) atoms. The van der Waals surface area contributed by atoms with Crippen LogP contribution in [0, 0.1) is 10.1 Å². The molecule has 11 heteroatoms. The summed E-state index contributed by atoms with van der Waals surface area (Å²) >= 11 is 1.01. The molecule has 1 saturated heterocycles. The molecule has 0 unspecified atom stereocenters. The highest BCUT2D eigenvalue weighted by atomic mass is 32.2. The van der Waals surface area contributed by atoms with E-state index in [1.165, 1.54) is 29.2 Å². The van der Waals surface area contributed by atoms with E-state index in [0.717, 1.165) is 33.4 Å². The van der Waals surface area contributed by atoms with Gasteiger partial charge in [-0.2, -0.15) is 0 Å². The van der Waals surface area contributed by atoms with Crippen molar-refractivity contribution >= 4 is 68.3 Å². The van der Waals surface area contributed by atoms with Gasteiger partial charge in [0.05, 0.1) is 16.7 Å². The van der Waals surface area contributed by atoms with Crippen molar-refractivity contribution in [2.24, 2.45) is 0 Å². The lowest BCUT2D eigenvalue weighted by Gasteiger charge is -2.44. The number of nitro groups is 1. The number of carbonyl (C=O) groups excluding carboxylic acids is 3. The van der Waals surface area contributed by atoms with Gasteiger partial charge in [-0.1, -0.05) is 115 Å². The number of hydrogen-bond acceptors (Lipinski definition) is 8. The fraction of sp³-hybridized carbons (Fsp3) is 0.128. The van der Waals surface area contributed by atoms with Crippen molar-refractivity contribution in [3.63, 3.8) is 0 Å². The molecule has 5 aromatic carbocycles. The molecule has 6 rings (SSSR count). The van der Waals surface area contributed by atoms with Gasteiger partial charge in [-0.05, 0) is 45.7 Å². The Morgan fingerprint density at radius 1 is 0.820 bits per heavy atom. The van der Waals surface area contributed by atoms with Crippen LogP contribution in [0.15, 0.2) is 140 Å². The van der Waals surface area contributed by atoms with Gasteiger partial charge in [-0.25, -0.2) is 4.79 Å². The summed E-state index contributed by atoms with van der Waals surface area (Å²) in [7, 11) is 3.79. The van der Waals surface area contributed by atoms with Gasteiger partial charge in [0.1, 0.15) is 12.0 Å². The van der Waals surface area contributed by atoms with Gasteiger partial charge >= 0.3 is 5.97 Å². The summed E-state index contributed by atoms with van der Waals surface area (Å²) in [4.78, 5) is 56.6. The molecule has 0 radical (unpaired) electrons. The zero-order valence-electron chi connectivity index (χ0n) is 27.4. The molecule has 5 aromatic rings. The van der Waals surface area contributed by atoms with E-state index in [4.69, 9.17) is 4.74 Å². The van der Waals surface area contributed by atoms with Crippen molar-refractivity contribution in [3.05, 3.63) is 161 Å². The Hall–Kier alpha value is -5.44. The Bertz CT molecular complexity index is 1990. The SMILES string of the molecule is CN(C)c1cccc(C(=O)S[C@@H]2CC(=O)N2C(C(=O)OCc2ccc([N+](=O)[O-])cc2)=P(c2ccccc2)(c2ccccc2)c2ccccc2)c1. The minimum atomic E-state index is -3.17. The summed E-state index contributed by atoms with van der Waals surface area (Å²) < 4.78 is 6.03. The van der Waals surface area contributed by atoms with Crippen LogP contribution < -0.4 is 20.8 Å². The number of nitro benzene ring substituents is 1. The van der Waals surface area contributed by atoms with Crippen molar-refractivity contribution in [1.29, 1.82) is 0 Å². The number of anilines is 1. The van der Waals surface area contributed by atoms with Gasteiger partial charge < -0.3 is 9.64 Å². The monoisotopic (exact) mass is 703 g/mol. The first-order chi connectivity index (χ1) is 24.2. The van der Waals surface area contributed by atoms with E-state index in [1.807, 2.05) is 122 Å². The van der Waals surface area contributed by atoms with E-state index in [9.17, 15) is 24.5 Å². The van der Waals surface area contributed by atoms with Crippen LogP contribution >= 0.6 is 18.6 Å². The van der Waals surface area contributed by atoms with E-state index in [2.05, 4.69) is 0 Å². The molecule has 0 N–H and O–H groups in total. The van der Waals surface area contributed by atoms with Crippen LogP contribution in [0.3, 0.4) is 0 Å². The number of non-ortho nitro benzene ring substituents is 1. The van der Waals surface area contributed by atoms with Crippen LogP contribution in [0.25, 0.3) is 0 Å². The summed E-state index contributed by atoms with van der Waals surface area (Å²) in [5.74, 6) is -1.01. The first kappa shape index (κ1) is 34.4. The second-order valence-electron chi connectivity index (χ2n) is 11.8. The quantitative estimate of drug-likeness (QED) is 0.0545.